The van der Waals surface area contributed by atoms with Crippen LogP contribution in [0.15, 0.2) is 42.5 Å². The van der Waals surface area contributed by atoms with Gasteiger partial charge in [0.2, 0.25) is 0 Å². The first kappa shape index (κ1) is 12.4. The SMILES string of the molecule is Cc1ccccc1C(C)Nc1ccc(N)cc1F. The third-order valence-electron chi connectivity index (χ3n) is 3.02. The van der Waals surface area contributed by atoms with Crippen LogP contribution in [0, 0.1) is 12.7 Å². The zero-order valence-corrected chi connectivity index (χ0v) is 10.6. The maximum Gasteiger partial charge on any atom is 0.148 e. The Labute approximate surface area is 107 Å². The number of hydrogen-bond acceptors (Lipinski definition) is 2. The van der Waals surface area contributed by atoms with Crippen LogP contribution in [-0.4, -0.2) is 0 Å². The van der Waals surface area contributed by atoms with E-state index in [0.29, 0.717) is 11.4 Å². The number of nitrogens with one attached hydrogen (secondary N) is 1. The quantitative estimate of drug-likeness (QED) is 0.804. The molecule has 0 amide bonds. The van der Waals surface area contributed by atoms with Crippen molar-refractivity contribution >= 4 is 11.4 Å². The topological polar surface area (TPSA) is 38.0 Å². The van der Waals surface area contributed by atoms with E-state index in [4.69, 9.17) is 5.73 Å². The lowest BCUT2D eigenvalue weighted by Gasteiger charge is -2.18. The van der Waals surface area contributed by atoms with Crippen LogP contribution in [0.25, 0.3) is 0 Å². The maximum atomic E-state index is 13.7. The van der Waals surface area contributed by atoms with E-state index in [2.05, 4.69) is 5.32 Å². The molecule has 3 N–H and O–H groups in total. The fraction of sp³-hybridized carbons (Fsp3) is 0.200. The van der Waals surface area contributed by atoms with Crippen LogP contribution in [0.3, 0.4) is 0 Å². The van der Waals surface area contributed by atoms with Crippen molar-refractivity contribution in [2.75, 3.05) is 11.1 Å². The second-order valence-corrected chi connectivity index (χ2v) is 4.46. The van der Waals surface area contributed by atoms with E-state index in [1.165, 1.54) is 11.6 Å². The summed E-state index contributed by atoms with van der Waals surface area (Å²) < 4.78 is 13.7. The molecule has 1 unspecified atom stereocenters. The Morgan fingerprint density at radius 3 is 2.56 bits per heavy atom. The second kappa shape index (κ2) is 5.08. The number of hydrogen-bond donors (Lipinski definition) is 2. The van der Waals surface area contributed by atoms with Crippen molar-refractivity contribution in [3.8, 4) is 0 Å². The zero-order chi connectivity index (χ0) is 13.1. The van der Waals surface area contributed by atoms with Crippen molar-refractivity contribution in [2.45, 2.75) is 19.9 Å². The third-order valence-corrected chi connectivity index (χ3v) is 3.02. The maximum absolute atomic E-state index is 13.7. The fourth-order valence-corrected chi connectivity index (χ4v) is 2.03. The number of anilines is 2. The minimum absolute atomic E-state index is 0.0457. The van der Waals surface area contributed by atoms with Crippen LogP contribution in [0.1, 0.15) is 24.1 Å². The van der Waals surface area contributed by atoms with Gasteiger partial charge in [0.1, 0.15) is 5.82 Å². The summed E-state index contributed by atoms with van der Waals surface area (Å²) in [4.78, 5) is 0. The first-order valence-electron chi connectivity index (χ1n) is 5.95. The minimum atomic E-state index is -0.324. The molecule has 2 aromatic carbocycles. The highest BCUT2D eigenvalue weighted by molar-refractivity contribution is 5.54. The summed E-state index contributed by atoms with van der Waals surface area (Å²) >= 11 is 0. The highest BCUT2D eigenvalue weighted by Gasteiger charge is 2.10. The lowest BCUT2D eigenvalue weighted by molar-refractivity contribution is 0.628. The molecule has 2 aromatic rings. The lowest BCUT2D eigenvalue weighted by Crippen LogP contribution is -2.09. The van der Waals surface area contributed by atoms with E-state index in [1.54, 1.807) is 12.1 Å². The number of aryl methyl sites for hydroxylation is 1. The van der Waals surface area contributed by atoms with Gasteiger partial charge in [-0.05, 0) is 43.2 Å². The van der Waals surface area contributed by atoms with Crippen LogP contribution in [0.4, 0.5) is 15.8 Å². The van der Waals surface area contributed by atoms with Gasteiger partial charge in [0.25, 0.3) is 0 Å². The number of nitrogen functional groups attached to an aromatic ring is 1. The fourth-order valence-electron chi connectivity index (χ4n) is 2.03. The molecule has 0 radical (unpaired) electrons. The van der Waals surface area contributed by atoms with E-state index in [9.17, 15) is 4.39 Å². The molecule has 0 aliphatic rings. The molecule has 94 valence electrons. The monoisotopic (exact) mass is 244 g/mol. The summed E-state index contributed by atoms with van der Waals surface area (Å²) in [6, 6.07) is 12.8. The Kier molecular flexibility index (Phi) is 3.51. The van der Waals surface area contributed by atoms with E-state index in [0.717, 1.165) is 5.56 Å². The van der Waals surface area contributed by atoms with E-state index in [1.807, 2.05) is 38.1 Å². The molecule has 0 heterocycles. The Bertz CT molecular complexity index is 552. The van der Waals surface area contributed by atoms with Crippen molar-refractivity contribution in [3.05, 3.63) is 59.4 Å². The van der Waals surface area contributed by atoms with Gasteiger partial charge in [0.15, 0.2) is 0 Å². The Morgan fingerprint density at radius 1 is 1.17 bits per heavy atom. The molecule has 0 saturated heterocycles. The van der Waals surface area contributed by atoms with Gasteiger partial charge < -0.3 is 11.1 Å². The van der Waals surface area contributed by atoms with Crippen molar-refractivity contribution < 1.29 is 4.39 Å². The van der Waals surface area contributed by atoms with Gasteiger partial charge >= 0.3 is 0 Å². The summed E-state index contributed by atoms with van der Waals surface area (Å²) in [5, 5.41) is 3.16. The van der Waals surface area contributed by atoms with Crippen LogP contribution in [0.2, 0.25) is 0 Å². The molecular weight excluding hydrogens is 227 g/mol. The molecule has 0 spiro atoms. The average Bonchev–Trinajstić information content (AvgIpc) is 2.33. The first-order valence-corrected chi connectivity index (χ1v) is 5.95. The lowest BCUT2D eigenvalue weighted by atomic mass is 10.0. The third kappa shape index (κ3) is 2.62. The molecule has 0 fully saturated rings. The Balaban J connectivity index is 2.21. The van der Waals surface area contributed by atoms with E-state index in [-0.39, 0.29) is 11.9 Å². The molecule has 0 aliphatic heterocycles. The summed E-state index contributed by atoms with van der Waals surface area (Å²) in [7, 11) is 0. The number of rotatable bonds is 3. The van der Waals surface area contributed by atoms with Crippen LogP contribution in [-0.2, 0) is 0 Å². The van der Waals surface area contributed by atoms with Gasteiger partial charge in [-0.2, -0.15) is 0 Å². The van der Waals surface area contributed by atoms with Gasteiger partial charge in [0.05, 0.1) is 5.69 Å². The molecule has 3 heteroatoms. The zero-order valence-electron chi connectivity index (χ0n) is 10.6. The van der Waals surface area contributed by atoms with Crippen LogP contribution >= 0.6 is 0 Å². The molecule has 0 aromatic heterocycles. The van der Waals surface area contributed by atoms with Crippen molar-refractivity contribution in [1.29, 1.82) is 0 Å². The molecule has 0 saturated carbocycles. The Hall–Kier alpha value is -2.03. The Morgan fingerprint density at radius 2 is 1.89 bits per heavy atom. The van der Waals surface area contributed by atoms with Crippen molar-refractivity contribution in [1.82, 2.24) is 0 Å². The molecule has 18 heavy (non-hydrogen) atoms. The standard InChI is InChI=1S/C15H17FN2/c1-10-5-3-4-6-13(10)11(2)18-15-8-7-12(17)9-14(15)16/h3-9,11,18H,17H2,1-2H3. The molecule has 2 nitrogen and oxygen atoms in total. The highest BCUT2D eigenvalue weighted by Crippen LogP contribution is 2.24. The van der Waals surface area contributed by atoms with Gasteiger partial charge in [-0.15, -0.1) is 0 Å². The summed E-state index contributed by atoms with van der Waals surface area (Å²) in [5.74, 6) is -0.324. The van der Waals surface area contributed by atoms with Gasteiger partial charge in [-0.1, -0.05) is 24.3 Å². The summed E-state index contributed by atoms with van der Waals surface area (Å²) in [5.41, 5.74) is 8.78. The van der Waals surface area contributed by atoms with Crippen LogP contribution < -0.4 is 11.1 Å². The molecule has 2 rings (SSSR count). The van der Waals surface area contributed by atoms with E-state index < -0.39 is 0 Å². The smallest absolute Gasteiger partial charge is 0.148 e. The minimum Gasteiger partial charge on any atom is -0.399 e. The predicted octanol–water partition coefficient (Wildman–Crippen LogP) is 3.89. The molecule has 0 bridgehead atoms. The second-order valence-electron chi connectivity index (χ2n) is 4.46. The van der Waals surface area contributed by atoms with Gasteiger partial charge in [-0.25, -0.2) is 4.39 Å². The summed E-state index contributed by atoms with van der Waals surface area (Å²) in [6.45, 7) is 4.06. The number of halogens is 1. The number of nitrogens with two attached hydrogens (primary N) is 1. The predicted molar refractivity (Wildman–Crippen MR) is 74.0 cm³/mol. The van der Waals surface area contributed by atoms with E-state index >= 15 is 0 Å². The molecular formula is C15H17FN2. The first-order chi connectivity index (χ1) is 8.58. The number of benzene rings is 2. The highest BCUT2D eigenvalue weighted by atomic mass is 19.1. The van der Waals surface area contributed by atoms with Crippen LogP contribution in [0.5, 0.6) is 0 Å². The molecule has 1 atom stereocenters. The molecule has 0 aliphatic carbocycles. The average molecular weight is 244 g/mol. The van der Waals surface area contributed by atoms with Crippen molar-refractivity contribution in [2.24, 2.45) is 0 Å². The summed E-state index contributed by atoms with van der Waals surface area (Å²) in [6.07, 6.45) is 0. The normalized spacial score (nSPS) is 12.2. The van der Waals surface area contributed by atoms with Gasteiger partial charge in [-0.3, -0.25) is 0 Å². The largest absolute Gasteiger partial charge is 0.399 e. The van der Waals surface area contributed by atoms with Crippen molar-refractivity contribution in [3.63, 3.8) is 0 Å². The van der Waals surface area contributed by atoms with Gasteiger partial charge in [0, 0.05) is 11.7 Å².